The van der Waals surface area contributed by atoms with E-state index in [2.05, 4.69) is 10.2 Å². The van der Waals surface area contributed by atoms with Crippen molar-refractivity contribution in [2.24, 2.45) is 0 Å². The zero-order chi connectivity index (χ0) is 14.0. The molecule has 0 spiro atoms. The van der Waals surface area contributed by atoms with Gasteiger partial charge in [0, 0.05) is 20.2 Å². The summed E-state index contributed by atoms with van der Waals surface area (Å²) in [6, 6.07) is 0. The Bertz CT molecular complexity index is 461. The van der Waals surface area contributed by atoms with Crippen LogP contribution in [0.25, 0.3) is 0 Å². The van der Waals surface area contributed by atoms with Crippen LogP contribution < -0.4 is 0 Å². The Labute approximate surface area is 116 Å². The maximum Gasteiger partial charge on any atom is 0.285 e. The Morgan fingerprint density at radius 3 is 2.89 bits per heavy atom. The molecule has 1 unspecified atom stereocenters. The molecule has 0 aliphatic carbocycles. The van der Waals surface area contributed by atoms with Gasteiger partial charge in [-0.1, -0.05) is 11.3 Å². The molecule has 1 atom stereocenters. The fraction of sp³-hybridized carbons (Fsp3) is 0.750. The molecule has 1 aromatic rings. The van der Waals surface area contributed by atoms with Gasteiger partial charge in [0.1, 0.15) is 5.01 Å². The summed E-state index contributed by atoms with van der Waals surface area (Å²) in [5, 5.41) is 9.04. The molecule has 6 nitrogen and oxygen atoms in total. The maximum absolute atomic E-state index is 12.4. The van der Waals surface area contributed by atoms with Gasteiger partial charge < -0.3 is 14.4 Å². The van der Waals surface area contributed by atoms with Gasteiger partial charge in [-0.15, -0.1) is 10.2 Å². The molecular formula is C12H19N3O3S. The molecule has 0 bridgehead atoms. The standard InChI is InChI=1S/C12H19N3O3S/c1-8-13-14-10(19-8)11(16)15-5-9(6-17-4)18-12(2,3)7-15/h9H,5-7H2,1-4H3. The highest BCUT2D eigenvalue weighted by atomic mass is 32.1. The van der Waals surface area contributed by atoms with Crippen LogP contribution in [0.5, 0.6) is 0 Å². The number of morpholine rings is 1. The maximum atomic E-state index is 12.4. The number of ether oxygens (including phenoxy) is 2. The lowest BCUT2D eigenvalue weighted by Gasteiger charge is -2.42. The Hall–Kier alpha value is -1.05. The van der Waals surface area contributed by atoms with Crippen LogP contribution in [0.4, 0.5) is 0 Å². The molecule has 7 heteroatoms. The monoisotopic (exact) mass is 285 g/mol. The summed E-state index contributed by atoms with van der Waals surface area (Å²) < 4.78 is 11.0. The summed E-state index contributed by atoms with van der Waals surface area (Å²) in [7, 11) is 1.63. The minimum absolute atomic E-state index is 0.0805. The van der Waals surface area contributed by atoms with E-state index in [4.69, 9.17) is 9.47 Å². The van der Waals surface area contributed by atoms with E-state index in [1.165, 1.54) is 11.3 Å². The molecule has 0 saturated carbocycles. The predicted octanol–water partition coefficient (Wildman–Crippen LogP) is 1.11. The number of rotatable bonds is 3. The average Bonchev–Trinajstić information content (AvgIpc) is 2.73. The van der Waals surface area contributed by atoms with E-state index < -0.39 is 0 Å². The van der Waals surface area contributed by atoms with Gasteiger partial charge in [-0.25, -0.2) is 0 Å². The SMILES string of the molecule is COCC1CN(C(=O)c2nnc(C)s2)CC(C)(C)O1. The van der Waals surface area contributed by atoms with Gasteiger partial charge in [-0.05, 0) is 20.8 Å². The first-order valence-corrected chi connectivity index (χ1v) is 6.99. The normalized spacial score (nSPS) is 22.5. The number of hydrogen-bond donors (Lipinski definition) is 0. The number of carbonyl (C=O) groups excluding carboxylic acids is 1. The topological polar surface area (TPSA) is 64.5 Å². The van der Waals surface area contributed by atoms with E-state index in [1.807, 2.05) is 20.8 Å². The zero-order valence-corrected chi connectivity index (χ0v) is 12.5. The first kappa shape index (κ1) is 14.4. The predicted molar refractivity (Wildman–Crippen MR) is 71.4 cm³/mol. The van der Waals surface area contributed by atoms with Crippen molar-refractivity contribution in [1.82, 2.24) is 15.1 Å². The molecule has 1 aromatic heterocycles. The average molecular weight is 285 g/mol. The van der Waals surface area contributed by atoms with E-state index in [-0.39, 0.29) is 17.6 Å². The molecule has 2 heterocycles. The second kappa shape index (κ2) is 5.52. The number of nitrogens with zero attached hydrogens (tertiary/aromatic N) is 3. The van der Waals surface area contributed by atoms with Crippen LogP contribution in [0, 0.1) is 6.92 Å². The summed E-state index contributed by atoms with van der Waals surface area (Å²) in [5.74, 6) is -0.0805. The second-order valence-electron chi connectivity index (χ2n) is 5.27. The largest absolute Gasteiger partial charge is 0.382 e. The van der Waals surface area contributed by atoms with Crippen LogP contribution in [0.1, 0.15) is 28.7 Å². The van der Waals surface area contributed by atoms with E-state index in [1.54, 1.807) is 12.0 Å². The summed E-state index contributed by atoms with van der Waals surface area (Å²) in [4.78, 5) is 14.2. The number of aryl methyl sites for hydroxylation is 1. The first-order valence-electron chi connectivity index (χ1n) is 6.17. The number of amides is 1. The molecule has 1 fully saturated rings. The number of methoxy groups -OCH3 is 1. The molecule has 1 amide bonds. The van der Waals surface area contributed by atoms with Gasteiger partial charge in [0.25, 0.3) is 5.91 Å². The lowest BCUT2D eigenvalue weighted by Crippen LogP contribution is -2.55. The molecule has 1 saturated heterocycles. The van der Waals surface area contributed by atoms with Gasteiger partial charge >= 0.3 is 0 Å². The van der Waals surface area contributed by atoms with E-state index >= 15 is 0 Å². The Balaban J connectivity index is 2.12. The summed E-state index contributed by atoms with van der Waals surface area (Å²) >= 11 is 1.32. The van der Waals surface area contributed by atoms with Gasteiger partial charge in [-0.3, -0.25) is 4.79 Å². The lowest BCUT2D eigenvalue weighted by atomic mass is 10.1. The van der Waals surface area contributed by atoms with E-state index in [9.17, 15) is 4.79 Å². The first-order chi connectivity index (χ1) is 8.91. The highest BCUT2D eigenvalue weighted by molar-refractivity contribution is 7.13. The van der Waals surface area contributed by atoms with Crippen molar-refractivity contribution in [3.63, 3.8) is 0 Å². The molecule has 2 rings (SSSR count). The fourth-order valence-electron chi connectivity index (χ4n) is 2.24. The van der Waals surface area contributed by atoms with Crippen molar-refractivity contribution in [2.45, 2.75) is 32.5 Å². The second-order valence-corrected chi connectivity index (χ2v) is 6.45. The molecule has 19 heavy (non-hydrogen) atoms. The third-order valence-electron chi connectivity index (χ3n) is 2.83. The Kier molecular flexibility index (Phi) is 4.17. The van der Waals surface area contributed by atoms with Gasteiger partial charge in [0.2, 0.25) is 5.01 Å². The molecule has 0 N–H and O–H groups in total. The lowest BCUT2D eigenvalue weighted by molar-refractivity contribution is -0.143. The molecule has 0 aromatic carbocycles. The third-order valence-corrected chi connectivity index (χ3v) is 3.66. The van der Waals surface area contributed by atoms with Gasteiger partial charge in [-0.2, -0.15) is 0 Å². The van der Waals surface area contributed by atoms with Gasteiger partial charge in [0.15, 0.2) is 0 Å². The van der Waals surface area contributed by atoms with Crippen molar-refractivity contribution in [3.05, 3.63) is 10.0 Å². The quantitative estimate of drug-likeness (QED) is 0.832. The van der Waals surface area contributed by atoms with Crippen LogP contribution in [-0.2, 0) is 9.47 Å². The summed E-state index contributed by atoms with van der Waals surface area (Å²) in [6.07, 6.45) is -0.105. The zero-order valence-electron chi connectivity index (χ0n) is 11.7. The highest BCUT2D eigenvalue weighted by Gasteiger charge is 2.36. The van der Waals surface area contributed by atoms with Gasteiger partial charge in [0.05, 0.1) is 18.3 Å². The number of aromatic nitrogens is 2. The van der Waals surface area contributed by atoms with Crippen LogP contribution in [0.15, 0.2) is 0 Å². The molecular weight excluding hydrogens is 266 g/mol. The van der Waals surface area contributed by atoms with Crippen molar-refractivity contribution in [2.75, 3.05) is 26.8 Å². The number of hydrogen-bond acceptors (Lipinski definition) is 6. The van der Waals surface area contributed by atoms with E-state index in [0.29, 0.717) is 24.7 Å². The van der Waals surface area contributed by atoms with Crippen molar-refractivity contribution >= 4 is 17.2 Å². The van der Waals surface area contributed by atoms with Crippen LogP contribution in [-0.4, -0.2) is 59.5 Å². The smallest absolute Gasteiger partial charge is 0.285 e. The van der Waals surface area contributed by atoms with Crippen LogP contribution in [0.3, 0.4) is 0 Å². The number of carbonyl (C=O) groups is 1. The third kappa shape index (κ3) is 3.49. The Morgan fingerprint density at radius 2 is 2.32 bits per heavy atom. The summed E-state index contributed by atoms with van der Waals surface area (Å²) in [6.45, 7) is 7.33. The van der Waals surface area contributed by atoms with Crippen molar-refractivity contribution < 1.29 is 14.3 Å². The van der Waals surface area contributed by atoms with Crippen LogP contribution >= 0.6 is 11.3 Å². The molecule has 1 aliphatic heterocycles. The van der Waals surface area contributed by atoms with Crippen molar-refractivity contribution in [3.8, 4) is 0 Å². The Morgan fingerprint density at radius 1 is 1.58 bits per heavy atom. The van der Waals surface area contributed by atoms with E-state index in [0.717, 1.165) is 5.01 Å². The molecule has 106 valence electrons. The fourth-order valence-corrected chi connectivity index (χ4v) is 2.90. The molecule has 1 aliphatic rings. The minimum Gasteiger partial charge on any atom is -0.382 e. The minimum atomic E-state index is -0.378. The highest BCUT2D eigenvalue weighted by Crippen LogP contribution is 2.23. The summed E-state index contributed by atoms with van der Waals surface area (Å²) in [5.41, 5.74) is -0.378. The van der Waals surface area contributed by atoms with Crippen LogP contribution in [0.2, 0.25) is 0 Å². The molecule has 0 radical (unpaired) electrons. The van der Waals surface area contributed by atoms with Crippen molar-refractivity contribution in [1.29, 1.82) is 0 Å².